The topological polar surface area (TPSA) is 69.6 Å². The van der Waals surface area contributed by atoms with Crippen LogP contribution in [0.4, 0.5) is 5.82 Å². The number of hydrogen-bond acceptors (Lipinski definition) is 5. The van der Waals surface area contributed by atoms with Gasteiger partial charge in [-0.05, 0) is 31.9 Å². The number of fused-ring (bicyclic) bond motifs is 1. The molecule has 2 aromatic heterocycles. The van der Waals surface area contributed by atoms with E-state index in [4.69, 9.17) is 10.7 Å². The van der Waals surface area contributed by atoms with E-state index in [1.54, 1.807) is 11.8 Å². The maximum absolute atomic E-state index is 6.07. The third-order valence-electron chi connectivity index (χ3n) is 3.98. The number of nitrogens with two attached hydrogens (primary N) is 1. The maximum Gasteiger partial charge on any atom is 0.168 e. The SMILES string of the molecule is Cc1nc(SCc2nc(N)c3ccccc3n2)n(CC(C)C)c1C. The Morgan fingerprint density at radius 3 is 2.62 bits per heavy atom. The van der Waals surface area contributed by atoms with Crippen LogP contribution < -0.4 is 5.73 Å². The minimum atomic E-state index is 0.536. The van der Waals surface area contributed by atoms with E-state index in [2.05, 4.69) is 42.2 Å². The Bertz CT molecular complexity index is 869. The molecule has 24 heavy (non-hydrogen) atoms. The molecule has 0 spiro atoms. The minimum absolute atomic E-state index is 0.536. The number of imidazole rings is 1. The lowest BCUT2D eigenvalue weighted by molar-refractivity contribution is 0.486. The number of para-hydroxylation sites is 1. The Hall–Kier alpha value is -2.08. The van der Waals surface area contributed by atoms with Crippen LogP contribution in [0.2, 0.25) is 0 Å². The van der Waals surface area contributed by atoms with Crippen molar-refractivity contribution in [2.24, 2.45) is 5.92 Å². The number of anilines is 1. The number of nitrogens with zero attached hydrogens (tertiary/aromatic N) is 4. The van der Waals surface area contributed by atoms with Gasteiger partial charge in [0, 0.05) is 17.6 Å². The van der Waals surface area contributed by atoms with Crippen molar-refractivity contribution in [1.29, 1.82) is 0 Å². The van der Waals surface area contributed by atoms with Gasteiger partial charge in [0.05, 0.1) is 17.0 Å². The summed E-state index contributed by atoms with van der Waals surface area (Å²) in [6.45, 7) is 9.59. The number of aromatic nitrogens is 4. The highest BCUT2D eigenvalue weighted by molar-refractivity contribution is 7.98. The van der Waals surface area contributed by atoms with Gasteiger partial charge in [0.1, 0.15) is 11.6 Å². The molecule has 0 aliphatic heterocycles. The van der Waals surface area contributed by atoms with Gasteiger partial charge in [0.2, 0.25) is 0 Å². The minimum Gasteiger partial charge on any atom is -0.383 e. The van der Waals surface area contributed by atoms with E-state index in [-0.39, 0.29) is 0 Å². The number of aryl methyl sites for hydroxylation is 1. The summed E-state index contributed by atoms with van der Waals surface area (Å²) >= 11 is 1.67. The van der Waals surface area contributed by atoms with Crippen LogP contribution in [-0.4, -0.2) is 19.5 Å². The van der Waals surface area contributed by atoms with Gasteiger partial charge in [-0.25, -0.2) is 15.0 Å². The summed E-state index contributed by atoms with van der Waals surface area (Å²) in [6, 6.07) is 7.83. The standard InChI is InChI=1S/C18H23N5S/c1-11(2)9-23-13(4)12(3)20-18(23)24-10-16-21-15-8-6-5-7-14(15)17(19)22-16/h5-8,11H,9-10H2,1-4H3,(H2,19,21,22). The molecule has 2 heterocycles. The van der Waals surface area contributed by atoms with Gasteiger partial charge in [0.15, 0.2) is 5.16 Å². The normalized spacial score (nSPS) is 11.5. The fraction of sp³-hybridized carbons (Fsp3) is 0.389. The summed E-state index contributed by atoms with van der Waals surface area (Å²) in [6.07, 6.45) is 0. The largest absolute Gasteiger partial charge is 0.383 e. The van der Waals surface area contributed by atoms with Gasteiger partial charge in [-0.2, -0.15) is 0 Å². The van der Waals surface area contributed by atoms with E-state index >= 15 is 0 Å². The van der Waals surface area contributed by atoms with Crippen LogP contribution >= 0.6 is 11.8 Å². The zero-order chi connectivity index (χ0) is 17.3. The second-order valence-electron chi connectivity index (χ2n) is 6.40. The molecule has 126 valence electrons. The smallest absolute Gasteiger partial charge is 0.168 e. The molecule has 0 amide bonds. The fourth-order valence-corrected chi connectivity index (χ4v) is 3.61. The zero-order valence-electron chi connectivity index (χ0n) is 14.6. The first-order valence-corrected chi connectivity index (χ1v) is 9.12. The molecule has 0 saturated heterocycles. The van der Waals surface area contributed by atoms with Gasteiger partial charge >= 0.3 is 0 Å². The summed E-state index contributed by atoms with van der Waals surface area (Å²) in [5, 5.41) is 1.92. The molecule has 0 aliphatic carbocycles. The molecule has 1 aromatic carbocycles. The second kappa shape index (κ2) is 6.81. The highest BCUT2D eigenvalue weighted by Crippen LogP contribution is 2.26. The molecule has 5 nitrogen and oxygen atoms in total. The third kappa shape index (κ3) is 3.38. The Kier molecular flexibility index (Phi) is 4.76. The lowest BCUT2D eigenvalue weighted by atomic mass is 10.2. The zero-order valence-corrected chi connectivity index (χ0v) is 15.4. The lowest BCUT2D eigenvalue weighted by Crippen LogP contribution is -2.08. The van der Waals surface area contributed by atoms with Gasteiger partial charge < -0.3 is 10.3 Å². The van der Waals surface area contributed by atoms with Gasteiger partial charge in [-0.3, -0.25) is 0 Å². The van der Waals surface area contributed by atoms with Crippen molar-refractivity contribution < 1.29 is 0 Å². The monoisotopic (exact) mass is 341 g/mol. The third-order valence-corrected chi connectivity index (χ3v) is 4.95. The Morgan fingerprint density at radius 2 is 1.88 bits per heavy atom. The number of hydrogen-bond donors (Lipinski definition) is 1. The summed E-state index contributed by atoms with van der Waals surface area (Å²) in [5.41, 5.74) is 9.26. The first-order chi connectivity index (χ1) is 11.5. The van der Waals surface area contributed by atoms with Crippen molar-refractivity contribution in [2.75, 3.05) is 5.73 Å². The molecule has 3 rings (SSSR count). The second-order valence-corrected chi connectivity index (χ2v) is 7.34. The average molecular weight is 341 g/mol. The molecular weight excluding hydrogens is 318 g/mol. The van der Waals surface area contributed by atoms with Crippen LogP contribution in [0.3, 0.4) is 0 Å². The van der Waals surface area contributed by atoms with Crippen molar-refractivity contribution in [2.45, 2.75) is 45.1 Å². The molecule has 0 bridgehead atoms. The molecule has 0 aliphatic rings. The Labute approximate surface area is 146 Å². The quantitative estimate of drug-likeness (QED) is 0.711. The summed E-state index contributed by atoms with van der Waals surface area (Å²) < 4.78 is 2.29. The average Bonchev–Trinajstić information content (AvgIpc) is 2.80. The van der Waals surface area contributed by atoms with Crippen LogP contribution in [0, 0.1) is 19.8 Å². The van der Waals surface area contributed by atoms with E-state index in [9.17, 15) is 0 Å². The molecule has 3 aromatic rings. The van der Waals surface area contributed by atoms with Crippen molar-refractivity contribution in [1.82, 2.24) is 19.5 Å². The summed E-state index contributed by atoms with van der Waals surface area (Å²) in [4.78, 5) is 13.8. The highest BCUT2D eigenvalue weighted by Gasteiger charge is 2.14. The molecule has 0 fully saturated rings. The number of rotatable bonds is 5. The number of benzene rings is 1. The Morgan fingerprint density at radius 1 is 1.12 bits per heavy atom. The molecule has 0 atom stereocenters. The highest BCUT2D eigenvalue weighted by atomic mass is 32.2. The van der Waals surface area contributed by atoms with E-state index in [1.807, 2.05) is 24.3 Å². The van der Waals surface area contributed by atoms with Crippen LogP contribution in [0.5, 0.6) is 0 Å². The number of thioether (sulfide) groups is 1. The van der Waals surface area contributed by atoms with E-state index in [1.165, 1.54) is 5.69 Å². The molecule has 0 unspecified atom stereocenters. The predicted molar refractivity (Wildman–Crippen MR) is 100 cm³/mol. The van der Waals surface area contributed by atoms with Crippen molar-refractivity contribution in [3.05, 3.63) is 41.5 Å². The summed E-state index contributed by atoms with van der Waals surface area (Å²) in [5.74, 6) is 2.51. The molecule has 2 N–H and O–H groups in total. The maximum atomic E-state index is 6.07. The van der Waals surface area contributed by atoms with E-state index in [0.717, 1.165) is 34.1 Å². The van der Waals surface area contributed by atoms with Crippen LogP contribution in [0.15, 0.2) is 29.4 Å². The van der Waals surface area contributed by atoms with E-state index < -0.39 is 0 Å². The first-order valence-electron chi connectivity index (χ1n) is 8.13. The van der Waals surface area contributed by atoms with E-state index in [0.29, 0.717) is 17.5 Å². The first kappa shape index (κ1) is 16.8. The van der Waals surface area contributed by atoms with Crippen molar-refractivity contribution in [3.8, 4) is 0 Å². The van der Waals surface area contributed by atoms with Crippen LogP contribution in [-0.2, 0) is 12.3 Å². The van der Waals surface area contributed by atoms with Gasteiger partial charge in [0.25, 0.3) is 0 Å². The molecule has 0 saturated carbocycles. The lowest BCUT2D eigenvalue weighted by Gasteiger charge is -2.12. The van der Waals surface area contributed by atoms with Gasteiger partial charge in [-0.15, -0.1) is 0 Å². The van der Waals surface area contributed by atoms with Crippen molar-refractivity contribution in [3.63, 3.8) is 0 Å². The number of nitrogen functional groups attached to an aromatic ring is 1. The molecule has 6 heteroatoms. The van der Waals surface area contributed by atoms with Crippen molar-refractivity contribution >= 4 is 28.5 Å². The Balaban J connectivity index is 1.85. The molecular formula is C18H23N5S. The fourth-order valence-electron chi connectivity index (χ4n) is 2.66. The predicted octanol–water partition coefficient (Wildman–Crippen LogP) is 3.97. The summed E-state index contributed by atoms with van der Waals surface area (Å²) in [7, 11) is 0. The van der Waals surface area contributed by atoms with Crippen LogP contribution in [0.1, 0.15) is 31.1 Å². The molecule has 0 radical (unpaired) electrons. The van der Waals surface area contributed by atoms with Gasteiger partial charge in [-0.1, -0.05) is 37.7 Å². The van der Waals surface area contributed by atoms with Crippen LogP contribution in [0.25, 0.3) is 10.9 Å².